The normalized spacial score (nSPS) is 12.6. The van der Waals surface area contributed by atoms with Crippen molar-refractivity contribution >= 4 is 17.8 Å². The lowest BCUT2D eigenvalue weighted by molar-refractivity contribution is -0.127. The molecule has 0 radical (unpaired) electrons. The minimum Gasteiger partial charge on any atom is -0.368 e. The molecule has 0 aliphatic heterocycles. The third-order valence-corrected chi connectivity index (χ3v) is 2.13. The smallest absolute Gasteiger partial charge is 0.253 e. The van der Waals surface area contributed by atoms with Crippen molar-refractivity contribution in [2.24, 2.45) is 16.7 Å². The zero-order valence-corrected chi connectivity index (χ0v) is 9.88. The zero-order valence-electron chi connectivity index (χ0n) is 9.88. The van der Waals surface area contributed by atoms with Crippen molar-refractivity contribution in [3.63, 3.8) is 0 Å². The van der Waals surface area contributed by atoms with Gasteiger partial charge in [-0.1, -0.05) is 30.3 Å². The number of carbonyl (C=O) groups excluding carboxylic acids is 2. The van der Waals surface area contributed by atoms with E-state index < -0.39 is 11.9 Å². The van der Waals surface area contributed by atoms with Gasteiger partial charge < -0.3 is 16.9 Å². The van der Waals surface area contributed by atoms with Crippen LogP contribution in [-0.4, -0.2) is 17.8 Å². The van der Waals surface area contributed by atoms with Crippen molar-refractivity contribution in [1.82, 2.24) is 10.6 Å². The highest BCUT2D eigenvalue weighted by atomic mass is 16.2. The molecule has 1 rings (SSSR count). The van der Waals surface area contributed by atoms with Crippen molar-refractivity contribution in [1.29, 1.82) is 0 Å². The highest BCUT2D eigenvalue weighted by molar-refractivity contribution is 6.00. The molecule has 7 heteroatoms. The first-order valence-corrected chi connectivity index (χ1v) is 5.21. The number of hydrogen-bond acceptors (Lipinski definition) is 4. The van der Waals surface area contributed by atoms with Gasteiger partial charge in [0.15, 0.2) is 0 Å². The van der Waals surface area contributed by atoms with Crippen molar-refractivity contribution in [2.75, 3.05) is 0 Å². The van der Waals surface area contributed by atoms with Crippen LogP contribution in [0.15, 0.2) is 35.4 Å². The number of amides is 2. The van der Waals surface area contributed by atoms with Gasteiger partial charge in [0.1, 0.15) is 6.04 Å². The Kier molecular flexibility index (Phi) is 4.67. The molecule has 7 nitrogen and oxygen atoms in total. The fourth-order valence-electron chi connectivity index (χ4n) is 1.38. The molecule has 18 heavy (non-hydrogen) atoms. The second kappa shape index (κ2) is 6.24. The summed E-state index contributed by atoms with van der Waals surface area (Å²) < 4.78 is 0. The molecule has 0 spiro atoms. The quantitative estimate of drug-likeness (QED) is 0.241. The Bertz CT molecular complexity index is 458. The average Bonchev–Trinajstić information content (AvgIpc) is 2.36. The minimum absolute atomic E-state index is 0.216. The van der Waals surface area contributed by atoms with Gasteiger partial charge in [0.05, 0.1) is 0 Å². The van der Waals surface area contributed by atoms with Crippen LogP contribution in [0.3, 0.4) is 0 Å². The summed E-state index contributed by atoms with van der Waals surface area (Å²) in [7, 11) is 0. The second-order valence-corrected chi connectivity index (χ2v) is 3.55. The highest BCUT2D eigenvalue weighted by Crippen LogP contribution is 2.12. The number of benzene rings is 1. The molecule has 0 aliphatic rings. The molecule has 0 fully saturated rings. The molecule has 96 valence electrons. The van der Waals surface area contributed by atoms with E-state index in [2.05, 4.69) is 15.7 Å². The van der Waals surface area contributed by atoms with E-state index >= 15 is 0 Å². The van der Waals surface area contributed by atoms with Crippen molar-refractivity contribution in [3.05, 3.63) is 35.9 Å². The van der Waals surface area contributed by atoms with Crippen molar-refractivity contribution < 1.29 is 9.59 Å². The first kappa shape index (κ1) is 13.5. The van der Waals surface area contributed by atoms with Crippen LogP contribution in [0, 0.1) is 0 Å². The molecule has 0 saturated heterocycles. The molecule has 0 heterocycles. The first-order valence-electron chi connectivity index (χ1n) is 5.21. The number of carbonyl (C=O) groups is 2. The molecule has 0 saturated carbocycles. The Labute approximate surface area is 104 Å². The molecule has 1 aromatic rings. The number of rotatable bonds is 3. The van der Waals surface area contributed by atoms with Crippen LogP contribution in [0.4, 0.5) is 0 Å². The molecular weight excluding hydrogens is 234 g/mol. The standard InChI is InChI=1S/C11H15N5O2/c1-7(17)14-9(8-5-3-2-4-6-8)10(18)15-11(12)16-13/h2-6,9H,13H2,1H3,(H,14,17)(H3,12,15,16,18). The van der Waals surface area contributed by atoms with Crippen LogP contribution in [0.5, 0.6) is 0 Å². The lowest BCUT2D eigenvalue weighted by Gasteiger charge is -2.17. The van der Waals surface area contributed by atoms with E-state index in [1.165, 1.54) is 6.92 Å². The molecule has 0 bridgehead atoms. The highest BCUT2D eigenvalue weighted by Gasteiger charge is 2.21. The number of hydrogen-bond donors (Lipinski definition) is 4. The summed E-state index contributed by atoms with van der Waals surface area (Å²) in [5.41, 5.74) is 5.94. The largest absolute Gasteiger partial charge is 0.368 e. The molecule has 1 atom stereocenters. The third kappa shape index (κ3) is 3.78. The Balaban J connectivity index is 2.92. The van der Waals surface area contributed by atoms with Crippen LogP contribution in [0.25, 0.3) is 0 Å². The number of guanidine groups is 1. The van der Waals surface area contributed by atoms with E-state index in [1.54, 1.807) is 24.3 Å². The molecular formula is C11H15N5O2. The van der Waals surface area contributed by atoms with Gasteiger partial charge in [-0.2, -0.15) is 0 Å². The van der Waals surface area contributed by atoms with Gasteiger partial charge in [-0.05, 0) is 5.56 Å². The molecule has 0 aromatic heterocycles. The number of nitrogens with zero attached hydrogens (tertiary/aromatic N) is 1. The molecule has 0 aliphatic carbocycles. The van der Waals surface area contributed by atoms with Gasteiger partial charge in [0.25, 0.3) is 5.91 Å². The average molecular weight is 249 g/mol. The van der Waals surface area contributed by atoms with Crippen LogP contribution in [0.1, 0.15) is 18.5 Å². The van der Waals surface area contributed by atoms with E-state index in [9.17, 15) is 9.59 Å². The maximum Gasteiger partial charge on any atom is 0.253 e. The van der Waals surface area contributed by atoms with Crippen LogP contribution < -0.4 is 22.2 Å². The van der Waals surface area contributed by atoms with Crippen molar-refractivity contribution in [3.8, 4) is 0 Å². The van der Waals surface area contributed by atoms with Gasteiger partial charge in [0.2, 0.25) is 11.9 Å². The topological polar surface area (TPSA) is 123 Å². The first-order chi connectivity index (χ1) is 8.54. The van der Waals surface area contributed by atoms with Crippen LogP contribution in [-0.2, 0) is 9.59 Å². The number of hydrazone groups is 1. The lowest BCUT2D eigenvalue weighted by atomic mass is 10.1. The summed E-state index contributed by atoms with van der Waals surface area (Å²) in [6.07, 6.45) is 0. The van der Waals surface area contributed by atoms with Gasteiger partial charge in [-0.25, -0.2) is 0 Å². The Morgan fingerprint density at radius 1 is 1.28 bits per heavy atom. The second-order valence-electron chi connectivity index (χ2n) is 3.55. The number of nitrogens with one attached hydrogen (secondary N) is 2. The van der Waals surface area contributed by atoms with E-state index in [4.69, 9.17) is 11.6 Å². The lowest BCUT2D eigenvalue weighted by Crippen LogP contribution is -2.45. The molecule has 2 amide bonds. The molecule has 1 unspecified atom stereocenters. The van der Waals surface area contributed by atoms with E-state index in [0.29, 0.717) is 5.56 Å². The monoisotopic (exact) mass is 249 g/mol. The SMILES string of the molecule is CC(=O)NC(C(=O)N/C(N)=N/N)c1ccccc1. The van der Waals surface area contributed by atoms with Gasteiger partial charge in [-0.15, -0.1) is 5.10 Å². The van der Waals surface area contributed by atoms with Crippen LogP contribution in [0.2, 0.25) is 0 Å². The predicted octanol–water partition coefficient (Wildman–Crippen LogP) is -0.832. The fourth-order valence-corrected chi connectivity index (χ4v) is 1.38. The fraction of sp³-hybridized carbons (Fsp3) is 0.182. The summed E-state index contributed by atoms with van der Waals surface area (Å²) in [4.78, 5) is 23.0. The van der Waals surface area contributed by atoms with E-state index in [-0.39, 0.29) is 11.9 Å². The van der Waals surface area contributed by atoms with E-state index in [1.807, 2.05) is 6.07 Å². The van der Waals surface area contributed by atoms with Crippen molar-refractivity contribution in [2.45, 2.75) is 13.0 Å². The minimum atomic E-state index is -0.844. The van der Waals surface area contributed by atoms with Gasteiger partial charge >= 0.3 is 0 Å². The molecule has 1 aromatic carbocycles. The van der Waals surface area contributed by atoms with E-state index in [0.717, 1.165) is 0 Å². The number of nitrogens with two attached hydrogens (primary N) is 2. The summed E-state index contributed by atoms with van der Waals surface area (Å²) in [5.74, 6) is 3.86. The predicted molar refractivity (Wildman–Crippen MR) is 67.0 cm³/mol. The summed E-state index contributed by atoms with van der Waals surface area (Å²) in [6.45, 7) is 1.32. The third-order valence-electron chi connectivity index (χ3n) is 2.13. The summed E-state index contributed by atoms with van der Waals surface area (Å²) in [6, 6.07) is 7.92. The molecule has 6 N–H and O–H groups in total. The zero-order chi connectivity index (χ0) is 13.5. The van der Waals surface area contributed by atoms with Gasteiger partial charge in [0, 0.05) is 6.92 Å². The Morgan fingerprint density at radius 3 is 2.39 bits per heavy atom. The summed E-state index contributed by atoms with van der Waals surface area (Å²) >= 11 is 0. The Morgan fingerprint density at radius 2 is 1.89 bits per heavy atom. The Hall–Kier alpha value is -2.57. The van der Waals surface area contributed by atoms with Crippen LogP contribution >= 0.6 is 0 Å². The van der Waals surface area contributed by atoms with Gasteiger partial charge in [-0.3, -0.25) is 14.9 Å². The maximum absolute atomic E-state index is 11.9. The summed E-state index contributed by atoms with van der Waals surface area (Å²) in [5, 5.41) is 7.94. The maximum atomic E-state index is 11.9.